The Kier molecular flexibility index (Phi) is 5.17. The SMILES string of the molecule is C=C[C@@](N)(CO[C@H](C)c1cc(C)cc(C)c1)c1ccccc1. The highest BCUT2D eigenvalue weighted by Crippen LogP contribution is 2.25. The highest BCUT2D eigenvalue weighted by atomic mass is 16.5. The zero-order valence-corrected chi connectivity index (χ0v) is 13.7. The molecule has 0 radical (unpaired) electrons. The standard InChI is InChI=1S/C20H25NO/c1-5-20(21,19-9-7-6-8-10-19)14-22-17(4)18-12-15(2)11-16(3)13-18/h5-13,17H,1,14,21H2,2-4H3/t17-,20-/m1/s1. The monoisotopic (exact) mass is 295 g/mol. The van der Waals surface area contributed by atoms with Crippen molar-refractivity contribution in [1.29, 1.82) is 0 Å². The van der Waals surface area contributed by atoms with Crippen molar-refractivity contribution in [2.75, 3.05) is 6.61 Å². The molecule has 0 amide bonds. The number of aryl methyl sites for hydroxylation is 2. The Morgan fingerprint density at radius 2 is 1.73 bits per heavy atom. The van der Waals surface area contributed by atoms with Gasteiger partial charge in [-0.15, -0.1) is 6.58 Å². The van der Waals surface area contributed by atoms with Gasteiger partial charge in [0.1, 0.15) is 0 Å². The van der Waals surface area contributed by atoms with Gasteiger partial charge in [0.05, 0.1) is 18.2 Å². The first kappa shape index (κ1) is 16.5. The zero-order chi connectivity index (χ0) is 16.2. The van der Waals surface area contributed by atoms with Gasteiger partial charge in [-0.2, -0.15) is 0 Å². The molecular formula is C20H25NO. The van der Waals surface area contributed by atoms with Gasteiger partial charge in [-0.3, -0.25) is 0 Å². The van der Waals surface area contributed by atoms with E-state index in [1.807, 2.05) is 30.3 Å². The molecule has 22 heavy (non-hydrogen) atoms. The quantitative estimate of drug-likeness (QED) is 0.801. The third kappa shape index (κ3) is 3.85. The van der Waals surface area contributed by atoms with Crippen LogP contribution in [0.25, 0.3) is 0 Å². The van der Waals surface area contributed by atoms with Crippen LogP contribution < -0.4 is 5.73 Å². The van der Waals surface area contributed by atoms with Gasteiger partial charge in [0, 0.05) is 0 Å². The van der Waals surface area contributed by atoms with Crippen molar-refractivity contribution in [3.63, 3.8) is 0 Å². The maximum absolute atomic E-state index is 6.46. The Balaban J connectivity index is 2.11. The van der Waals surface area contributed by atoms with E-state index in [-0.39, 0.29) is 6.10 Å². The lowest BCUT2D eigenvalue weighted by Crippen LogP contribution is -2.39. The third-order valence-corrected chi connectivity index (χ3v) is 3.96. The van der Waals surface area contributed by atoms with Crippen LogP contribution in [0.5, 0.6) is 0 Å². The number of hydrogen-bond acceptors (Lipinski definition) is 2. The minimum Gasteiger partial charge on any atom is -0.371 e. The van der Waals surface area contributed by atoms with Gasteiger partial charge in [0.2, 0.25) is 0 Å². The highest BCUT2D eigenvalue weighted by Gasteiger charge is 2.25. The maximum atomic E-state index is 6.46. The van der Waals surface area contributed by atoms with Crippen molar-refractivity contribution in [3.05, 3.63) is 83.4 Å². The van der Waals surface area contributed by atoms with Crippen LogP contribution in [0.3, 0.4) is 0 Å². The van der Waals surface area contributed by atoms with Crippen LogP contribution in [-0.2, 0) is 10.3 Å². The van der Waals surface area contributed by atoms with Crippen LogP contribution in [0.4, 0.5) is 0 Å². The normalized spacial score (nSPS) is 15.1. The second kappa shape index (κ2) is 6.91. The average molecular weight is 295 g/mol. The Labute approximate surface area is 133 Å². The molecule has 2 heteroatoms. The number of nitrogens with two attached hydrogens (primary N) is 1. The molecule has 0 heterocycles. The van der Waals surface area contributed by atoms with Gasteiger partial charge >= 0.3 is 0 Å². The minimum absolute atomic E-state index is 0.00909. The first-order valence-electron chi connectivity index (χ1n) is 7.62. The van der Waals surface area contributed by atoms with Crippen molar-refractivity contribution in [2.45, 2.75) is 32.4 Å². The largest absolute Gasteiger partial charge is 0.371 e. The van der Waals surface area contributed by atoms with Crippen LogP contribution in [0.2, 0.25) is 0 Å². The fraction of sp³-hybridized carbons (Fsp3) is 0.300. The maximum Gasteiger partial charge on any atom is 0.0830 e. The lowest BCUT2D eigenvalue weighted by Gasteiger charge is -2.28. The molecule has 2 N–H and O–H groups in total. The molecule has 0 saturated carbocycles. The van der Waals surface area contributed by atoms with Crippen molar-refractivity contribution in [2.24, 2.45) is 5.73 Å². The number of hydrogen-bond donors (Lipinski definition) is 1. The molecule has 0 saturated heterocycles. The number of rotatable bonds is 6. The van der Waals surface area contributed by atoms with E-state index in [0.717, 1.165) is 5.56 Å². The summed E-state index contributed by atoms with van der Waals surface area (Å²) in [5.74, 6) is 0. The summed E-state index contributed by atoms with van der Waals surface area (Å²) in [5, 5.41) is 0. The minimum atomic E-state index is -0.672. The predicted octanol–water partition coefficient (Wildman–Crippen LogP) is 4.42. The molecule has 0 aliphatic carbocycles. The van der Waals surface area contributed by atoms with Crippen molar-refractivity contribution in [3.8, 4) is 0 Å². The summed E-state index contributed by atoms with van der Waals surface area (Å²) in [4.78, 5) is 0. The molecule has 0 aliphatic rings. The van der Waals surface area contributed by atoms with Crippen molar-refractivity contribution in [1.82, 2.24) is 0 Å². The topological polar surface area (TPSA) is 35.2 Å². The van der Waals surface area contributed by atoms with Crippen molar-refractivity contribution < 1.29 is 4.74 Å². The van der Waals surface area contributed by atoms with Crippen LogP contribution in [0, 0.1) is 13.8 Å². The van der Waals surface area contributed by atoms with Crippen LogP contribution >= 0.6 is 0 Å². The molecule has 0 bridgehead atoms. The zero-order valence-electron chi connectivity index (χ0n) is 13.7. The van der Waals surface area contributed by atoms with Crippen molar-refractivity contribution >= 4 is 0 Å². The van der Waals surface area contributed by atoms with Gasteiger partial charge in [0.15, 0.2) is 0 Å². The summed E-state index contributed by atoms with van der Waals surface area (Å²) in [6.07, 6.45) is 1.75. The summed E-state index contributed by atoms with van der Waals surface area (Å²) in [6, 6.07) is 16.4. The van der Waals surface area contributed by atoms with E-state index in [4.69, 9.17) is 10.5 Å². The molecule has 2 rings (SSSR count). The molecule has 2 aromatic carbocycles. The fourth-order valence-electron chi connectivity index (χ4n) is 2.61. The molecule has 2 nitrogen and oxygen atoms in total. The van der Waals surface area contributed by atoms with E-state index in [2.05, 4.69) is 45.5 Å². The second-order valence-corrected chi connectivity index (χ2v) is 5.98. The second-order valence-electron chi connectivity index (χ2n) is 5.98. The van der Waals surface area contributed by atoms with E-state index in [0.29, 0.717) is 6.61 Å². The van der Waals surface area contributed by atoms with Crippen LogP contribution in [0.1, 0.15) is 35.3 Å². The van der Waals surface area contributed by atoms with Gasteiger partial charge in [0.25, 0.3) is 0 Å². The third-order valence-electron chi connectivity index (χ3n) is 3.96. The summed E-state index contributed by atoms with van der Waals surface area (Å²) in [6.45, 7) is 10.5. The molecule has 116 valence electrons. The highest BCUT2D eigenvalue weighted by molar-refractivity contribution is 5.31. The number of benzene rings is 2. The molecular weight excluding hydrogens is 270 g/mol. The molecule has 2 atom stereocenters. The van der Waals surface area contributed by atoms with Gasteiger partial charge in [-0.25, -0.2) is 0 Å². The summed E-state index contributed by atoms with van der Waals surface area (Å²) >= 11 is 0. The van der Waals surface area contributed by atoms with Gasteiger partial charge < -0.3 is 10.5 Å². The van der Waals surface area contributed by atoms with E-state index in [9.17, 15) is 0 Å². The molecule has 0 unspecified atom stereocenters. The predicted molar refractivity (Wildman–Crippen MR) is 92.8 cm³/mol. The molecule has 2 aromatic rings. The van der Waals surface area contributed by atoms with Crippen LogP contribution in [-0.4, -0.2) is 6.61 Å². The summed E-state index contributed by atoms with van der Waals surface area (Å²) in [7, 11) is 0. The molecule has 0 aliphatic heterocycles. The van der Waals surface area contributed by atoms with Gasteiger partial charge in [-0.1, -0.05) is 65.7 Å². The summed E-state index contributed by atoms with van der Waals surface area (Å²) in [5.41, 5.74) is 10.5. The Hall–Kier alpha value is -1.90. The van der Waals surface area contributed by atoms with E-state index >= 15 is 0 Å². The average Bonchev–Trinajstić information content (AvgIpc) is 2.52. The van der Waals surface area contributed by atoms with E-state index in [1.165, 1.54) is 16.7 Å². The lowest BCUT2D eigenvalue weighted by atomic mass is 9.92. The Morgan fingerprint density at radius 3 is 2.27 bits per heavy atom. The first-order valence-corrected chi connectivity index (χ1v) is 7.62. The van der Waals surface area contributed by atoms with E-state index < -0.39 is 5.54 Å². The molecule has 0 aromatic heterocycles. The Morgan fingerprint density at radius 1 is 1.14 bits per heavy atom. The smallest absolute Gasteiger partial charge is 0.0830 e. The lowest BCUT2D eigenvalue weighted by molar-refractivity contribution is 0.0396. The molecule has 0 spiro atoms. The first-order chi connectivity index (χ1) is 10.4. The number of ether oxygens (including phenoxy) is 1. The molecule has 0 fully saturated rings. The fourth-order valence-corrected chi connectivity index (χ4v) is 2.61. The van der Waals surface area contributed by atoms with E-state index in [1.54, 1.807) is 6.08 Å². The Bertz CT molecular complexity index is 615. The van der Waals surface area contributed by atoms with Gasteiger partial charge in [-0.05, 0) is 31.9 Å². The summed E-state index contributed by atoms with van der Waals surface area (Å²) < 4.78 is 6.05. The van der Waals surface area contributed by atoms with Crippen LogP contribution in [0.15, 0.2) is 61.2 Å².